The highest BCUT2D eigenvalue weighted by Gasteiger charge is 2.42. The SMILES string of the molecule is CCn1c([C@@H]2C[C@@H]2c2ccc(C)cc2)n[nH]c1=S. The molecule has 1 heterocycles. The summed E-state index contributed by atoms with van der Waals surface area (Å²) in [4.78, 5) is 0. The first-order chi connectivity index (χ1) is 8.70. The minimum atomic E-state index is 0.528. The zero-order chi connectivity index (χ0) is 12.7. The summed E-state index contributed by atoms with van der Waals surface area (Å²) >= 11 is 5.24. The number of aryl methyl sites for hydroxylation is 1. The second-order valence-corrected chi connectivity index (χ2v) is 5.38. The highest BCUT2D eigenvalue weighted by atomic mass is 32.1. The van der Waals surface area contributed by atoms with E-state index in [4.69, 9.17) is 12.2 Å². The van der Waals surface area contributed by atoms with Crippen LogP contribution in [0, 0.1) is 11.7 Å². The van der Waals surface area contributed by atoms with Crippen molar-refractivity contribution < 1.29 is 0 Å². The van der Waals surface area contributed by atoms with Crippen molar-refractivity contribution in [2.75, 3.05) is 0 Å². The van der Waals surface area contributed by atoms with Gasteiger partial charge in [-0.05, 0) is 44.0 Å². The molecule has 18 heavy (non-hydrogen) atoms. The van der Waals surface area contributed by atoms with Crippen LogP contribution in [0.5, 0.6) is 0 Å². The minimum Gasteiger partial charge on any atom is -0.304 e. The standard InChI is InChI=1S/C14H17N3S/c1-3-17-13(15-16-14(17)18)12-8-11(12)10-6-4-9(2)5-7-10/h4-7,11-12H,3,8H2,1-2H3,(H,16,18)/t11-,12-/m1/s1. The van der Waals surface area contributed by atoms with Gasteiger partial charge in [0, 0.05) is 12.5 Å². The first-order valence-corrected chi connectivity index (χ1v) is 6.83. The fourth-order valence-electron chi connectivity index (χ4n) is 2.58. The van der Waals surface area contributed by atoms with Gasteiger partial charge in [-0.15, -0.1) is 0 Å². The monoisotopic (exact) mass is 259 g/mol. The maximum Gasteiger partial charge on any atom is 0.195 e. The van der Waals surface area contributed by atoms with E-state index in [0.717, 1.165) is 17.1 Å². The maximum atomic E-state index is 5.24. The normalized spacial score (nSPS) is 22.1. The van der Waals surface area contributed by atoms with Crippen LogP contribution in [-0.4, -0.2) is 14.8 Å². The summed E-state index contributed by atoms with van der Waals surface area (Å²) in [6, 6.07) is 8.83. The molecule has 0 unspecified atom stereocenters. The molecule has 4 heteroatoms. The first-order valence-electron chi connectivity index (χ1n) is 6.42. The Hall–Kier alpha value is -1.42. The molecule has 0 radical (unpaired) electrons. The van der Waals surface area contributed by atoms with Crippen molar-refractivity contribution in [2.45, 2.75) is 38.6 Å². The molecule has 1 aliphatic carbocycles. The highest BCUT2D eigenvalue weighted by molar-refractivity contribution is 7.71. The predicted molar refractivity (Wildman–Crippen MR) is 74.4 cm³/mol. The van der Waals surface area contributed by atoms with E-state index in [1.807, 2.05) is 0 Å². The van der Waals surface area contributed by atoms with E-state index in [0.29, 0.717) is 11.8 Å². The smallest absolute Gasteiger partial charge is 0.195 e. The van der Waals surface area contributed by atoms with Crippen LogP contribution in [-0.2, 0) is 6.54 Å². The summed E-state index contributed by atoms with van der Waals surface area (Å²) in [7, 11) is 0. The topological polar surface area (TPSA) is 33.6 Å². The molecule has 2 atom stereocenters. The molecule has 1 aliphatic rings. The van der Waals surface area contributed by atoms with Crippen molar-refractivity contribution in [3.63, 3.8) is 0 Å². The average Bonchev–Trinajstić information content (AvgIpc) is 3.07. The number of aromatic nitrogens is 3. The number of hydrogen-bond acceptors (Lipinski definition) is 2. The highest BCUT2D eigenvalue weighted by Crippen LogP contribution is 2.53. The third kappa shape index (κ3) is 1.90. The summed E-state index contributed by atoms with van der Waals surface area (Å²) in [5.41, 5.74) is 2.73. The van der Waals surface area contributed by atoms with Gasteiger partial charge < -0.3 is 4.57 Å². The molecule has 0 aliphatic heterocycles. The lowest BCUT2D eigenvalue weighted by Gasteiger charge is -2.03. The van der Waals surface area contributed by atoms with E-state index in [9.17, 15) is 0 Å². The van der Waals surface area contributed by atoms with Crippen LogP contribution in [0.1, 0.15) is 42.1 Å². The molecule has 2 aromatic rings. The van der Waals surface area contributed by atoms with Crippen LogP contribution in [0.4, 0.5) is 0 Å². The largest absolute Gasteiger partial charge is 0.304 e. The van der Waals surface area contributed by atoms with E-state index in [2.05, 4.69) is 52.9 Å². The Morgan fingerprint density at radius 1 is 1.33 bits per heavy atom. The van der Waals surface area contributed by atoms with Crippen molar-refractivity contribution in [3.8, 4) is 0 Å². The Morgan fingerprint density at radius 3 is 2.72 bits per heavy atom. The second kappa shape index (κ2) is 4.35. The van der Waals surface area contributed by atoms with Gasteiger partial charge in [0.05, 0.1) is 0 Å². The van der Waals surface area contributed by atoms with E-state index in [1.54, 1.807) is 0 Å². The van der Waals surface area contributed by atoms with Crippen LogP contribution >= 0.6 is 12.2 Å². The molecule has 3 rings (SSSR count). The molecule has 0 saturated heterocycles. The van der Waals surface area contributed by atoms with Gasteiger partial charge in [0.1, 0.15) is 5.82 Å². The summed E-state index contributed by atoms with van der Waals surface area (Å²) in [5.74, 6) is 2.26. The number of nitrogens with zero attached hydrogens (tertiary/aromatic N) is 2. The quantitative estimate of drug-likeness (QED) is 0.855. The number of benzene rings is 1. The number of aromatic amines is 1. The Bertz CT molecular complexity index is 609. The summed E-state index contributed by atoms with van der Waals surface area (Å²) in [6.07, 6.45) is 1.18. The van der Waals surface area contributed by atoms with Crippen molar-refractivity contribution in [3.05, 3.63) is 46.0 Å². The van der Waals surface area contributed by atoms with Gasteiger partial charge in [-0.25, -0.2) is 0 Å². The van der Waals surface area contributed by atoms with Crippen molar-refractivity contribution in [1.29, 1.82) is 0 Å². The van der Waals surface area contributed by atoms with E-state index in [-0.39, 0.29) is 0 Å². The van der Waals surface area contributed by atoms with Crippen molar-refractivity contribution in [2.24, 2.45) is 0 Å². The Labute approximate surface area is 112 Å². The van der Waals surface area contributed by atoms with E-state index >= 15 is 0 Å². The van der Waals surface area contributed by atoms with Gasteiger partial charge >= 0.3 is 0 Å². The molecule has 1 aromatic heterocycles. The first kappa shape index (κ1) is 11.7. The van der Waals surface area contributed by atoms with Crippen LogP contribution in [0.2, 0.25) is 0 Å². The molecule has 1 saturated carbocycles. The predicted octanol–water partition coefficient (Wildman–Crippen LogP) is 3.54. The fraction of sp³-hybridized carbons (Fsp3) is 0.429. The van der Waals surface area contributed by atoms with Gasteiger partial charge in [-0.3, -0.25) is 5.10 Å². The zero-order valence-corrected chi connectivity index (χ0v) is 11.5. The third-order valence-electron chi connectivity index (χ3n) is 3.73. The summed E-state index contributed by atoms with van der Waals surface area (Å²) < 4.78 is 2.84. The molecule has 1 N–H and O–H groups in total. The van der Waals surface area contributed by atoms with Gasteiger partial charge in [0.2, 0.25) is 0 Å². The number of hydrogen-bond donors (Lipinski definition) is 1. The lowest BCUT2D eigenvalue weighted by Crippen LogP contribution is -2.01. The Kier molecular flexibility index (Phi) is 2.82. The summed E-state index contributed by atoms with van der Waals surface area (Å²) in [6.45, 7) is 5.12. The molecular formula is C14H17N3S. The van der Waals surface area contributed by atoms with Crippen LogP contribution in [0.25, 0.3) is 0 Å². The van der Waals surface area contributed by atoms with Crippen LogP contribution in [0.15, 0.2) is 24.3 Å². The molecule has 0 bridgehead atoms. The van der Waals surface area contributed by atoms with Gasteiger partial charge in [0.25, 0.3) is 0 Å². The lowest BCUT2D eigenvalue weighted by atomic mass is 10.1. The van der Waals surface area contributed by atoms with Gasteiger partial charge in [-0.1, -0.05) is 29.8 Å². The minimum absolute atomic E-state index is 0.528. The molecule has 3 nitrogen and oxygen atoms in total. The zero-order valence-electron chi connectivity index (χ0n) is 10.7. The number of H-pyrrole nitrogens is 1. The van der Waals surface area contributed by atoms with Crippen LogP contribution < -0.4 is 0 Å². The molecule has 1 fully saturated rings. The number of nitrogens with one attached hydrogen (secondary N) is 1. The van der Waals surface area contributed by atoms with E-state index < -0.39 is 0 Å². The maximum absolute atomic E-state index is 5.24. The van der Waals surface area contributed by atoms with Gasteiger partial charge in [-0.2, -0.15) is 5.10 Å². The second-order valence-electron chi connectivity index (χ2n) is 4.99. The van der Waals surface area contributed by atoms with Crippen LogP contribution in [0.3, 0.4) is 0 Å². The lowest BCUT2D eigenvalue weighted by molar-refractivity contribution is 0.687. The average molecular weight is 259 g/mol. The number of rotatable bonds is 3. The molecule has 1 aromatic carbocycles. The fourth-order valence-corrected chi connectivity index (χ4v) is 2.85. The van der Waals surface area contributed by atoms with E-state index in [1.165, 1.54) is 17.5 Å². The Morgan fingerprint density at radius 2 is 2.06 bits per heavy atom. The van der Waals surface area contributed by atoms with Crippen molar-refractivity contribution in [1.82, 2.24) is 14.8 Å². The molecular weight excluding hydrogens is 242 g/mol. The summed E-state index contributed by atoms with van der Waals surface area (Å²) in [5, 5.41) is 7.29. The molecule has 0 amide bonds. The molecule has 0 spiro atoms. The Balaban J connectivity index is 1.85. The van der Waals surface area contributed by atoms with Crippen molar-refractivity contribution >= 4 is 12.2 Å². The molecule has 94 valence electrons. The van der Waals surface area contributed by atoms with Gasteiger partial charge in [0.15, 0.2) is 4.77 Å². The third-order valence-corrected chi connectivity index (χ3v) is 4.04.